The van der Waals surface area contributed by atoms with Crippen molar-refractivity contribution in [3.8, 4) is 11.3 Å². The molecular weight excluding hydrogens is 235 g/mol. The van der Waals surface area contributed by atoms with Gasteiger partial charge in [-0.25, -0.2) is 9.97 Å². The molecule has 2 aromatic heterocycles. The van der Waals surface area contributed by atoms with E-state index in [0.717, 1.165) is 12.4 Å². The SMILES string of the molecule is NCc1cc(-c2cnc(C(F)(F)F)nc2)n[nH]1. The van der Waals surface area contributed by atoms with Gasteiger partial charge in [0.25, 0.3) is 0 Å². The summed E-state index contributed by atoms with van der Waals surface area (Å²) in [5.41, 5.74) is 6.91. The molecule has 0 fully saturated rings. The predicted octanol–water partition coefficient (Wildman–Crippen LogP) is 1.34. The van der Waals surface area contributed by atoms with Gasteiger partial charge >= 0.3 is 6.18 Å². The molecule has 2 rings (SSSR count). The smallest absolute Gasteiger partial charge is 0.325 e. The minimum Gasteiger partial charge on any atom is -0.325 e. The highest BCUT2D eigenvalue weighted by Gasteiger charge is 2.34. The monoisotopic (exact) mass is 243 g/mol. The van der Waals surface area contributed by atoms with E-state index in [4.69, 9.17) is 5.73 Å². The fourth-order valence-electron chi connectivity index (χ4n) is 1.22. The van der Waals surface area contributed by atoms with Crippen molar-refractivity contribution in [3.05, 3.63) is 30.0 Å². The summed E-state index contributed by atoms with van der Waals surface area (Å²) in [5, 5.41) is 6.53. The summed E-state index contributed by atoms with van der Waals surface area (Å²) in [6.07, 6.45) is -2.38. The molecule has 0 aliphatic rings. The minimum absolute atomic E-state index is 0.272. The van der Waals surface area contributed by atoms with Crippen LogP contribution in [0.15, 0.2) is 18.5 Å². The molecule has 0 aromatic carbocycles. The minimum atomic E-state index is -4.54. The van der Waals surface area contributed by atoms with Gasteiger partial charge in [0, 0.05) is 30.2 Å². The second kappa shape index (κ2) is 4.13. The van der Waals surface area contributed by atoms with Gasteiger partial charge in [0.1, 0.15) is 0 Å². The third kappa shape index (κ3) is 2.41. The van der Waals surface area contributed by atoms with Crippen molar-refractivity contribution in [2.24, 2.45) is 5.73 Å². The lowest BCUT2D eigenvalue weighted by Gasteiger charge is -2.03. The van der Waals surface area contributed by atoms with E-state index in [1.807, 2.05) is 0 Å². The van der Waals surface area contributed by atoms with Crippen molar-refractivity contribution < 1.29 is 13.2 Å². The summed E-state index contributed by atoms with van der Waals surface area (Å²) >= 11 is 0. The van der Waals surface area contributed by atoms with E-state index >= 15 is 0 Å². The number of aromatic nitrogens is 4. The third-order valence-corrected chi connectivity index (χ3v) is 2.05. The molecule has 90 valence electrons. The Hall–Kier alpha value is -1.96. The van der Waals surface area contributed by atoms with E-state index in [2.05, 4.69) is 20.2 Å². The summed E-state index contributed by atoms with van der Waals surface area (Å²) in [7, 11) is 0. The summed E-state index contributed by atoms with van der Waals surface area (Å²) in [4.78, 5) is 6.48. The molecule has 0 saturated heterocycles. The Balaban J connectivity index is 2.29. The Kier molecular flexibility index (Phi) is 2.80. The molecule has 0 spiro atoms. The van der Waals surface area contributed by atoms with E-state index in [1.165, 1.54) is 0 Å². The lowest BCUT2D eigenvalue weighted by atomic mass is 10.2. The van der Waals surface area contributed by atoms with Crippen molar-refractivity contribution >= 4 is 0 Å². The third-order valence-electron chi connectivity index (χ3n) is 2.05. The molecule has 0 saturated carbocycles. The Morgan fingerprint density at radius 2 is 1.88 bits per heavy atom. The van der Waals surface area contributed by atoms with E-state index in [-0.39, 0.29) is 6.54 Å². The molecule has 0 aliphatic heterocycles. The standard InChI is InChI=1S/C9H8F3N5/c10-9(11,12)8-14-3-5(4-15-8)7-1-6(2-13)16-17-7/h1,3-4H,2,13H2,(H,16,17). The maximum atomic E-state index is 12.2. The van der Waals surface area contributed by atoms with Crippen LogP contribution in [0.2, 0.25) is 0 Å². The second-order valence-electron chi connectivity index (χ2n) is 3.28. The average Bonchev–Trinajstić information content (AvgIpc) is 2.76. The van der Waals surface area contributed by atoms with Crippen LogP contribution in [0.1, 0.15) is 11.5 Å². The van der Waals surface area contributed by atoms with Gasteiger partial charge in [0.05, 0.1) is 5.69 Å². The predicted molar refractivity (Wildman–Crippen MR) is 52.5 cm³/mol. The van der Waals surface area contributed by atoms with Gasteiger partial charge in [-0.1, -0.05) is 0 Å². The number of halogens is 3. The molecule has 17 heavy (non-hydrogen) atoms. The fourth-order valence-corrected chi connectivity index (χ4v) is 1.22. The van der Waals surface area contributed by atoms with Gasteiger partial charge in [-0.15, -0.1) is 0 Å². The number of aromatic amines is 1. The zero-order chi connectivity index (χ0) is 12.5. The lowest BCUT2D eigenvalue weighted by Crippen LogP contribution is -2.10. The normalized spacial score (nSPS) is 11.8. The number of hydrogen-bond acceptors (Lipinski definition) is 4. The molecule has 2 heterocycles. The molecule has 8 heteroatoms. The van der Waals surface area contributed by atoms with Gasteiger partial charge < -0.3 is 5.73 Å². The summed E-state index contributed by atoms with van der Waals surface area (Å²) in [5.74, 6) is -1.17. The van der Waals surface area contributed by atoms with Crippen LogP contribution in [0, 0.1) is 0 Å². The van der Waals surface area contributed by atoms with Crippen molar-refractivity contribution in [2.75, 3.05) is 0 Å². The number of H-pyrrole nitrogens is 1. The average molecular weight is 243 g/mol. The molecule has 0 unspecified atom stereocenters. The van der Waals surface area contributed by atoms with Crippen LogP contribution >= 0.6 is 0 Å². The highest BCUT2D eigenvalue weighted by molar-refractivity contribution is 5.56. The molecule has 0 bridgehead atoms. The van der Waals surface area contributed by atoms with Crippen molar-refractivity contribution in [3.63, 3.8) is 0 Å². The number of nitrogens with zero attached hydrogens (tertiary/aromatic N) is 3. The second-order valence-corrected chi connectivity index (χ2v) is 3.28. The van der Waals surface area contributed by atoms with Gasteiger partial charge in [-0.2, -0.15) is 18.3 Å². The van der Waals surface area contributed by atoms with Crippen LogP contribution in [0.3, 0.4) is 0 Å². The fraction of sp³-hybridized carbons (Fsp3) is 0.222. The lowest BCUT2D eigenvalue weighted by molar-refractivity contribution is -0.144. The number of alkyl halides is 3. The summed E-state index contributed by atoms with van der Waals surface area (Å²) in [6, 6.07) is 1.63. The van der Waals surface area contributed by atoms with E-state index in [9.17, 15) is 13.2 Å². The Bertz CT molecular complexity index is 502. The van der Waals surface area contributed by atoms with Gasteiger partial charge in [0.2, 0.25) is 5.82 Å². The first-order valence-corrected chi connectivity index (χ1v) is 4.64. The van der Waals surface area contributed by atoms with Gasteiger partial charge in [-0.3, -0.25) is 5.10 Å². The Morgan fingerprint density at radius 3 is 2.35 bits per heavy atom. The summed E-state index contributed by atoms with van der Waals surface area (Å²) in [6.45, 7) is 0.272. The Morgan fingerprint density at radius 1 is 1.24 bits per heavy atom. The van der Waals surface area contributed by atoms with E-state index in [1.54, 1.807) is 6.07 Å². The van der Waals surface area contributed by atoms with Crippen LogP contribution < -0.4 is 5.73 Å². The zero-order valence-corrected chi connectivity index (χ0v) is 8.49. The number of nitrogens with one attached hydrogen (secondary N) is 1. The molecule has 0 amide bonds. The van der Waals surface area contributed by atoms with Crippen LogP contribution in [-0.4, -0.2) is 20.2 Å². The molecule has 2 aromatic rings. The Labute approximate surface area is 93.9 Å². The number of rotatable bonds is 2. The molecule has 0 aliphatic carbocycles. The largest absolute Gasteiger partial charge is 0.451 e. The highest BCUT2D eigenvalue weighted by atomic mass is 19.4. The maximum Gasteiger partial charge on any atom is 0.451 e. The molecular formula is C9H8F3N5. The van der Waals surface area contributed by atoms with E-state index in [0.29, 0.717) is 17.0 Å². The zero-order valence-electron chi connectivity index (χ0n) is 8.49. The summed E-state index contributed by atoms with van der Waals surface area (Å²) < 4.78 is 36.7. The first-order chi connectivity index (χ1) is 8.00. The quantitative estimate of drug-likeness (QED) is 0.834. The molecule has 5 nitrogen and oxygen atoms in total. The topological polar surface area (TPSA) is 80.5 Å². The highest BCUT2D eigenvalue weighted by Crippen LogP contribution is 2.26. The molecule has 0 atom stereocenters. The molecule has 3 N–H and O–H groups in total. The van der Waals surface area contributed by atoms with E-state index < -0.39 is 12.0 Å². The first-order valence-electron chi connectivity index (χ1n) is 4.64. The number of hydrogen-bond donors (Lipinski definition) is 2. The van der Waals surface area contributed by atoms with Gasteiger partial charge in [-0.05, 0) is 6.07 Å². The van der Waals surface area contributed by atoms with Crippen molar-refractivity contribution in [1.29, 1.82) is 0 Å². The molecule has 0 radical (unpaired) electrons. The van der Waals surface area contributed by atoms with Crippen molar-refractivity contribution in [1.82, 2.24) is 20.2 Å². The maximum absolute atomic E-state index is 12.2. The van der Waals surface area contributed by atoms with Crippen LogP contribution in [0.4, 0.5) is 13.2 Å². The van der Waals surface area contributed by atoms with Crippen LogP contribution in [0.25, 0.3) is 11.3 Å². The van der Waals surface area contributed by atoms with Crippen LogP contribution in [0.5, 0.6) is 0 Å². The first kappa shape index (κ1) is 11.5. The van der Waals surface area contributed by atoms with Crippen LogP contribution in [-0.2, 0) is 12.7 Å². The van der Waals surface area contributed by atoms with Gasteiger partial charge in [0.15, 0.2) is 0 Å². The number of nitrogens with two attached hydrogens (primary N) is 1. The van der Waals surface area contributed by atoms with Crippen molar-refractivity contribution in [2.45, 2.75) is 12.7 Å².